The third kappa shape index (κ3) is 6.39. The Labute approximate surface area is 239 Å². The molecule has 40 heavy (non-hydrogen) atoms. The normalized spacial score (nSPS) is 14.5. The van der Waals surface area contributed by atoms with E-state index in [1.54, 1.807) is 0 Å². The second-order valence-electron chi connectivity index (χ2n) is 11.3. The van der Waals surface area contributed by atoms with Crippen LogP contribution in [0, 0.1) is 0 Å². The third-order valence-electron chi connectivity index (χ3n) is 7.91. The predicted molar refractivity (Wildman–Crippen MR) is 165 cm³/mol. The van der Waals surface area contributed by atoms with E-state index < -0.39 is 0 Å². The summed E-state index contributed by atoms with van der Waals surface area (Å²) in [6.45, 7) is 5.47. The van der Waals surface area contributed by atoms with E-state index in [0.29, 0.717) is 19.1 Å². The minimum Gasteiger partial charge on any atom is -0.489 e. The zero-order valence-corrected chi connectivity index (χ0v) is 24.1. The van der Waals surface area contributed by atoms with E-state index in [0.717, 1.165) is 53.1 Å². The number of benzene rings is 4. The summed E-state index contributed by atoms with van der Waals surface area (Å²) >= 11 is 0. The van der Waals surface area contributed by atoms with Crippen LogP contribution in [-0.2, 0) is 24.4 Å². The van der Waals surface area contributed by atoms with Gasteiger partial charge in [0.05, 0.1) is 12.5 Å². The maximum absolute atomic E-state index is 14.3. The van der Waals surface area contributed by atoms with Crippen molar-refractivity contribution in [3.63, 3.8) is 0 Å². The van der Waals surface area contributed by atoms with Gasteiger partial charge in [0.25, 0.3) is 0 Å². The molecule has 0 heterocycles. The quantitative estimate of drug-likeness (QED) is 0.218. The number of carbonyl (C=O) groups excluding carboxylic acids is 1. The molecule has 1 atom stereocenters. The molecule has 0 aliphatic heterocycles. The molecule has 0 spiro atoms. The number of hydrogen-bond acceptors (Lipinski definition) is 3. The van der Waals surface area contributed by atoms with Crippen LogP contribution in [0.25, 0.3) is 0 Å². The van der Waals surface area contributed by atoms with Crippen LogP contribution < -0.4 is 14.5 Å². The van der Waals surface area contributed by atoms with E-state index in [9.17, 15) is 4.79 Å². The summed E-state index contributed by atoms with van der Waals surface area (Å²) in [5, 5.41) is 0. The van der Waals surface area contributed by atoms with E-state index in [1.807, 2.05) is 43.3 Å². The average molecular weight is 533 g/mol. The lowest BCUT2D eigenvalue weighted by Crippen LogP contribution is -2.36. The first-order valence-electron chi connectivity index (χ1n) is 14.4. The molecular weight excluding hydrogens is 492 g/mol. The fourth-order valence-corrected chi connectivity index (χ4v) is 5.48. The zero-order valence-electron chi connectivity index (χ0n) is 24.1. The molecule has 4 nitrogen and oxygen atoms in total. The number of aryl methyl sites for hydroxylation is 1. The summed E-state index contributed by atoms with van der Waals surface area (Å²) in [5.41, 5.74) is 7.99. The van der Waals surface area contributed by atoms with Gasteiger partial charge in [-0.25, -0.2) is 0 Å². The lowest BCUT2D eigenvalue weighted by molar-refractivity contribution is -0.120. The molecule has 0 bridgehead atoms. The molecule has 206 valence electrons. The molecule has 4 heteroatoms. The van der Waals surface area contributed by atoms with Crippen LogP contribution in [-0.4, -0.2) is 20.0 Å². The van der Waals surface area contributed by atoms with Crippen molar-refractivity contribution in [2.75, 3.05) is 23.9 Å². The van der Waals surface area contributed by atoms with Gasteiger partial charge in [-0.3, -0.25) is 4.79 Å². The molecular formula is C36H40N2O2. The minimum absolute atomic E-state index is 0.160. The van der Waals surface area contributed by atoms with Crippen molar-refractivity contribution in [2.45, 2.75) is 58.1 Å². The van der Waals surface area contributed by atoms with Crippen LogP contribution in [0.2, 0.25) is 0 Å². The molecule has 0 saturated heterocycles. The Morgan fingerprint density at radius 1 is 0.850 bits per heavy atom. The molecule has 1 amide bonds. The van der Waals surface area contributed by atoms with E-state index >= 15 is 0 Å². The van der Waals surface area contributed by atoms with Crippen molar-refractivity contribution < 1.29 is 9.53 Å². The van der Waals surface area contributed by atoms with Crippen LogP contribution in [0.5, 0.6) is 5.75 Å². The van der Waals surface area contributed by atoms with Gasteiger partial charge in [-0.2, -0.15) is 0 Å². The highest BCUT2D eigenvalue weighted by Gasteiger charge is 2.31. The Kier molecular flexibility index (Phi) is 8.54. The number of carbonyl (C=O) groups is 1. The Hall–Kier alpha value is -4.05. The number of amides is 1. The number of anilines is 2. The molecule has 0 N–H and O–H groups in total. The molecule has 4 aromatic rings. The van der Waals surface area contributed by atoms with Crippen LogP contribution in [0.15, 0.2) is 97.1 Å². The van der Waals surface area contributed by atoms with E-state index in [2.05, 4.69) is 91.5 Å². The van der Waals surface area contributed by atoms with Crippen molar-refractivity contribution in [3.05, 3.63) is 125 Å². The fourth-order valence-electron chi connectivity index (χ4n) is 5.48. The molecule has 0 saturated carbocycles. The van der Waals surface area contributed by atoms with Crippen LogP contribution >= 0.6 is 0 Å². The smallest absolute Gasteiger partial charge is 0.234 e. The number of rotatable bonds is 9. The van der Waals surface area contributed by atoms with Gasteiger partial charge in [0, 0.05) is 25.5 Å². The van der Waals surface area contributed by atoms with Gasteiger partial charge in [0.15, 0.2) is 0 Å². The van der Waals surface area contributed by atoms with E-state index in [-0.39, 0.29) is 11.8 Å². The largest absolute Gasteiger partial charge is 0.489 e. The second-order valence-corrected chi connectivity index (χ2v) is 11.3. The molecule has 1 aliphatic rings. The molecule has 4 aromatic carbocycles. The highest BCUT2D eigenvalue weighted by atomic mass is 16.5. The summed E-state index contributed by atoms with van der Waals surface area (Å²) in [6, 6.07) is 33.5. The summed E-state index contributed by atoms with van der Waals surface area (Å²) in [5.74, 6) is 1.30. The number of hydrogen-bond donors (Lipinski definition) is 0. The zero-order chi connectivity index (χ0) is 28.1. The van der Waals surface area contributed by atoms with E-state index in [4.69, 9.17) is 4.74 Å². The van der Waals surface area contributed by atoms with Gasteiger partial charge in [-0.1, -0.05) is 74.5 Å². The van der Waals surface area contributed by atoms with Crippen molar-refractivity contribution in [3.8, 4) is 5.75 Å². The Bertz CT molecular complexity index is 1410. The third-order valence-corrected chi connectivity index (χ3v) is 7.91. The average Bonchev–Trinajstić information content (AvgIpc) is 2.99. The van der Waals surface area contributed by atoms with Crippen molar-refractivity contribution >= 4 is 17.3 Å². The molecule has 0 radical (unpaired) electrons. The number of nitrogens with zero attached hydrogens (tertiary/aromatic N) is 2. The molecule has 1 unspecified atom stereocenters. The summed E-state index contributed by atoms with van der Waals surface area (Å²) in [6.07, 6.45) is 2.82. The number of fused-ring (bicyclic) bond motifs is 1. The van der Waals surface area contributed by atoms with Crippen LogP contribution in [0.1, 0.15) is 66.3 Å². The minimum atomic E-state index is -0.169. The van der Waals surface area contributed by atoms with Gasteiger partial charge in [-0.15, -0.1) is 0 Å². The maximum Gasteiger partial charge on any atom is 0.234 e. The lowest BCUT2D eigenvalue weighted by atomic mass is 9.81. The monoisotopic (exact) mass is 532 g/mol. The summed E-state index contributed by atoms with van der Waals surface area (Å²) in [7, 11) is 4.08. The van der Waals surface area contributed by atoms with Crippen molar-refractivity contribution in [2.24, 2.45) is 0 Å². The second kappa shape index (κ2) is 12.4. The topological polar surface area (TPSA) is 32.8 Å². The van der Waals surface area contributed by atoms with Gasteiger partial charge in [-0.05, 0) is 89.4 Å². The van der Waals surface area contributed by atoms with Gasteiger partial charge in [0.2, 0.25) is 5.91 Å². The van der Waals surface area contributed by atoms with Crippen molar-refractivity contribution in [1.29, 1.82) is 0 Å². The Morgan fingerprint density at radius 3 is 2.23 bits per heavy atom. The Morgan fingerprint density at radius 2 is 1.55 bits per heavy atom. The van der Waals surface area contributed by atoms with Gasteiger partial charge in [0.1, 0.15) is 12.4 Å². The molecule has 5 rings (SSSR count). The predicted octanol–water partition coefficient (Wildman–Crippen LogP) is 8.11. The SMILES string of the molecule is CC(C)c1ccc(N(Cc2ccc(N(C)C)cc2)C(=O)C2CCCc3cc(OCc4ccccc4)ccc32)cc1. The van der Waals surface area contributed by atoms with E-state index in [1.165, 1.54) is 11.1 Å². The first-order chi connectivity index (χ1) is 19.4. The Balaban J connectivity index is 1.41. The standard InChI is InChI=1S/C36H40N2O2/c1-26(2)29-15-19-32(20-16-29)38(24-27-13-17-31(18-14-27)37(3)4)36(39)35-12-8-11-30-23-33(21-22-34(30)35)40-25-28-9-6-5-7-10-28/h5-7,9-10,13-23,26,35H,8,11-12,24-25H2,1-4H3. The molecule has 0 aromatic heterocycles. The van der Waals surface area contributed by atoms with Crippen LogP contribution in [0.4, 0.5) is 11.4 Å². The van der Waals surface area contributed by atoms with Gasteiger partial charge >= 0.3 is 0 Å². The summed E-state index contributed by atoms with van der Waals surface area (Å²) in [4.78, 5) is 18.4. The number of ether oxygens (including phenoxy) is 1. The fraction of sp³-hybridized carbons (Fsp3) is 0.306. The lowest BCUT2D eigenvalue weighted by Gasteiger charge is -2.31. The summed E-state index contributed by atoms with van der Waals surface area (Å²) < 4.78 is 6.11. The molecule has 1 aliphatic carbocycles. The first kappa shape index (κ1) is 27.5. The van der Waals surface area contributed by atoms with Crippen molar-refractivity contribution in [1.82, 2.24) is 0 Å². The highest BCUT2D eigenvalue weighted by Crippen LogP contribution is 2.37. The maximum atomic E-state index is 14.3. The first-order valence-corrected chi connectivity index (χ1v) is 14.4. The highest BCUT2D eigenvalue weighted by molar-refractivity contribution is 5.98. The molecule has 0 fully saturated rings. The van der Waals surface area contributed by atoms with Gasteiger partial charge < -0.3 is 14.5 Å². The van der Waals surface area contributed by atoms with Crippen LogP contribution in [0.3, 0.4) is 0 Å².